The maximum atomic E-state index is 13.1. The molecule has 3 nitrogen and oxygen atoms in total. The summed E-state index contributed by atoms with van der Waals surface area (Å²) >= 11 is 5.98. The highest BCUT2D eigenvalue weighted by Crippen LogP contribution is 2.27. The number of hydrogen-bond acceptors (Lipinski definition) is 2. The van der Waals surface area contributed by atoms with Gasteiger partial charge in [0.05, 0.1) is 5.41 Å². The van der Waals surface area contributed by atoms with Crippen molar-refractivity contribution in [1.29, 1.82) is 0 Å². The zero-order valence-corrected chi connectivity index (χ0v) is 16.8. The second-order valence-corrected chi connectivity index (χ2v) is 7.97. The molecule has 0 saturated carbocycles. The van der Waals surface area contributed by atoms with Crippen LogP contribution in [0.25, 0.3) is 6.08 Å². The predicted octanol–water partition coefficient (Wildman–Crippen LogP) is 4.48. The minimum atomic E-state index is -0.542. The smallest absolute Gasteiger partial charge is 0.232 e. The molecule has 0 aromatic heterocycles. The molecule has 1 heterocycles. The quantitative estimate of drug-likeness (QED) is 0.761. The number of rotatable bonds is 5. The Morgan fingerprint density at radius 3 is 2.26 bits per heavy atom. The van der Waals surface area contributed by atoms with Crippen molar-refractivity contribution in [1.82, 2.24) is 9.80 Å². The normalized spacial score (nSPS) is 16.0. The molecule has 0 bridgehead atoms. The highest BCUT2D eigenvalue weighted by atomic mass is 35.5. The van der Waals surface area contributed by atoms with Gasteiger partial charge in [0.15, 0.2) is 0 Å². The molecule has 0 unspecified atom stereocenters. The van der Waals surface area contributed by atoms with E-state index in [1.165, 1.54) is 5.56 Å². The second-order valence-electron chi connectivity index (χ2n) is 7.54. The number of hydrogen-bond donors (Lipinski definition) is 0. The lowest BCUT2D eigenvalue weighted by Crippen LogP contribution is -2.53. The Morgan fingerprint density at radius 1 is 1.00 bits per heavy atom. The Bertz CT molecular complexity index is 776. The van der Waals surface area contributed by atoms with E-state index in [0.717, 1.165) is 38.3 Å². The summed E-state index contributed by atoms with van der Waals surface area (Å²) in [5.74, 6) is 0.185. The largest absolute Gasteiger partial charge is 0.339 e. The summed E-state index contributed by atoms with van der Waals surface area (Å²) in [5.41, 5.74) is 1.68. The molecule has 0 aliphatic carbocycles. The van der Waals surface area contributed by atoms with E-state index in [1.54, 1.807) is 0 Å². The molecular weight excluding hydrogens is 356 g/mol. The zero-order valence-electron chi connectivity index (χ0n) is 16.1. The number of halogens is 1. The lowest BCUT2D eigenvalue weighted by Gasteiger charge is -2.38. The van der Waals surface area contributed by atoms with Crippen molar-refractivity contribution in [3.63, 3.8) is 0 Å². The molecule has 0 spiro atoms. The van der Waals surface area contributed by atoms with Crippen LogP contribution in [0, 0.1) is 0 Å². The first-order valence-electron chi connectivity index (χ1n) is 9.46. The van der Waals surface area contributed by atoms with Gasteiger partial charge in [-0.3, -0.25) is 9.69 Å². The van der Waals surface area contributed by atoms with Gasteiger partial charge < -0.3 is 4.90 Å². The van der Waals surface area contributed by atoms with Gasteiger partial charge in [-0.25, -0.2) is 0 Å². The summed E-state index contributed by atoms with van der Waals surface area (Å²) in [6, 6.07) is 17.9. The molecule has 1 aliphatic rings. The van der Waals surface area contributed by atoms with Crippen molar-refractivity contribution in [2.75, 3.05) is 32.7 Å². The number of benzene rings is 2. The lowest BCUT2D eigenvalue weighted by atomic mass is 9.83. The summed E-state index contributed by atoms with van der Waals surface area (Å²) in [6.07, 6.45) is 4.35. The third-order valence-electron chi connectivity index (χ3n) is 5.23. The van der Waals surface area contributed by atoms with Gasteiger partial charge in [-0.1, -0.05) is 66.2 Å². The van der Waals surface area contributed by atoms with Gasteiger partial charge >= 0.3 is 0 Å². The van der Waals surface area contributed by atoms with E-state index in [4.69, 9.17) is 11.6 Å². The van der Waals surface area contributed by atoms with Gasteiger partial charge in [-0.15, -0.1) is 0 Å². The summed E-state index contributed by atoms with van der Waals surface area (Å²) in [4.78, 5) is 17.5. The van der Waals surface area contributed by atoms with E-state index < -0.39 is 5.41 Å². The van der Waals surface area contributed by atoms with Crippen LogP contribution in [0.15, 0.2) is 60.7 Å². The number of carbonyl (C=O) groups excluding carboxylic acids is 1. The van der Waals surface area contributed by atoms with E-state index in [2.05, 4.69) is 29.2 Å². The second kappa shape index (κ2) is 8.73. The van der Waals surface area contributed by atoms with E-state index in [0.29, 0.717) is 5.02 Å². The average molecular weight is 383 g/mol. The minimum absolute atomic E-state index is 0.185. The number of carbonyl (C=O) groups is 1. The zero-order chi connectivity index (χ0) is 19.3. The van der Waals surface area contributed by atoms with Gasteiger partial charge in [0.25, 0.3) is 0 Å². The third kappa shape index (κ3) is 5.00. The first kappa shape index (κ1) is 19.7. The fourth-order valence-corrected chi connectivity index (χ4v) is 3.55. The van der Waals surface area contributed by atoms with Crippen LogP contribution >= 0.6 is 11.6 Å². The van der Waals surface area contributed by atoms with Gasteiger partial charge in [0, 0.05) is 37.7 Å². The fourth-order valence-electron chi connectivity index (χ4n) is 3.42. The highest BCUT2D eigenvalue weighted by molar-refractivity contribution is 6.30. The fraction of sp³-hybridized carbons (Fsp3) is 0.348. The number of piperazine rings is 1. The van der Waals surface area contributed by atoms with E-state index in [-0.39, 0.29) is 5.91 Å². The molecule has 0 N–H and O–H groups in total. The molecule has 27 heavy (non-hydrogen) atoms. The molecule has 4 heteroatoms. The van der Waals surface area contributed by atoms with Crippen molar-refractivity contribution in [3.8, 4) is 0 Å². The molecule has 2 aromatic rings. The molecular formula is C23H27ClN2O. The van der Waals surface area contributed by atoms with Crippen molar-refractivity contribution in [2.24, 2.45) is 0 Å². The van der Waals surface area contributed by atoms with Crippen LogP contribution in [0.1, 0.15) is 25.0 Å². The summed E-state index contributed by atoms with van der Waals surface area (Å²) in [6.45, 7) is 8.26. The van der Waals surface area contributed by atoms with E-state index in [1.807, 2.05) is 61.2 Å². The number of amides is 1. The monoisotopic (exact) mass is 382 g/mol. The van der Waals surface area contributed by atoms with Crippen LogP contribution in [-0.2, 0) is 10.2 Å². The predicted molar refractivity (Wildman–Crippen MR) is 113 cm³/mol. The Hall–Kier alpha value is -2.10. The summed E-state index contributed by atoms with van der Waals surface area (Å²) in [7, 11) is 0. The third-order valence-corrected chi connectivity index (χ3v) is 5.49. The van der Waals surface area contributed by atoms with Crippen molar-refractivity contribution in [3.05, 3.63) is 76.8 Å². The topological polar surface area (TPSA) is 23.6 Å². The Kier molecular flexibility index (Phi) is 6.35. The Labute approximate surface area is 167 Å². The van der Waals surface area contributed by atoms with Gasteiger partial charge in [-0.05, 0) is 37.1 Å². The maximum absolute atomic E-state index is 13.1. The molecule has 0 radical (unpaired) electrons. The first-order chi connectivity index (χ1) is 13.0. The standard InChI is InChI=1S/C23H27ClN2O/c1-23(2,20-10-12-21(24)13-11-20)22(27)26-17-15-25(16-18-26)14-6-9-19-7-4-3-5-8-19/h3-13H,14-18H2,1-2H3/b9-6+. The minimum Gasteiger partial charge on any atom is -0.339 e. The molecule has 3 rings (SSSR count). The Morgan fingerprint density at radius 2 is 1.63 bits per heavy atom. The SMILES string of the molecule is CC(C)(C(=O)N1CCN(C/C=C/c2ccccc2)CC1)c1ccc(Cl)cc1. The van der Waals surface area contributed by atoms with Crippen LogP contribution in [0.4, 0.5) is 0 Å². The molecule has 1 saturated heterocycles. The number of nitrogens with zero attached hydrogens (tertiary/aromatic N) is 2. The molecule has 142 valence electrons. The van der Waals surface area contributed by atoms with Crippen molar-refractivity contribution >= 4 is 23.6 Å². The van der Waals surface area contributed by atoms with E-state index >= 15 is 0 Å². The highest BCUT2D eigenvalue weighted by Gasteiger charge is 2.34. The summed E-state index contributed by atoms with van der Waals surface area (Å²) < 4.78 is 0. The van der Waals surface area contributed by atoms with Gasteiger partial charge in [-0.2, -0.15) is 0 Å². The lowest BCUT2D eigenvalue weighted by molar-refractivity contribution is -0.138. The van der Waals surface area contributed by atoms with Crippen molar-refractivity contribution in [2.45, 2.75) is 19.3 Å². The van der Waals surface area contributed by atoms with Gasteiger partial charge in [0.1, 0.15) is 0 Å². The van der Waals surface area contributed by atoms with Crippen LogP contribution in [0.3, 0.4) is 0 Å². The maximum Gasteiger partial charge on any atom is 0.232 e. The van der Waals surface area contributed by atoms with Crippen LogP contribution in [-0.4, -0.2) is 48.4 Å². The molecule has 2 aromatic carbocycles. The molecule has 0 atom stereocenters. The Balaban J connectivity index is 1.53. The van der Waals surface area contributed by atoms with E-state index in [9.17, 15) is 4.79 Å². The average Bonchev–Trinajstić information content (AvgIpc) is 2.69. The molecule has 1 fully saturated rings. The first-order valence-corrected chi connectivity index (χ1v) is 9.84. The van der Waals surface area contributed by atoms with Crippen LogP contribution in [0.5, 0.6) is 0 Å². The van der Waals surface area contributed by atoms with Crippen LogP contribution in [0.2, 0.25) is 5.02 Å². The van der Waals surface area contributed by atoms with Crippen molar-refractivity contribution < 1.29 is 4.79 Å². The summed E-state index contributed by atoms with van der Waals surface area (Å²) in [5, 5.41) is 0.694. The van der Waals surface area contributed by atoms with Crippen LogP contribution < -0.4 is 0 Å². The molecule has 1 aliphatic heterocycles. The van der Waals surface area contributed by atoms with Gasteiger partial charge in [0.2, 0.25) is 5.91 Å². The molecule has 1 amide bonds.